The second-order valence-corrected chi connectivity index (χ2v) is 12.6. The maximum absolute atomic E-state index is 14.1. The van der Waals surface area contributed by atoms with Crippen molar-refractivity contribution in [2.75, 3.05) is 51.3 Å². The van der Waals surface area contributed by atoms with Gasteiger partial charge in [-0.3, -0.25) is 4.79 Å². The maximum Gasteiger partial charge on any atom is 0.407 e. The number of nitrogens with zero attached hydrogens (tertiary/aromatic N) is 4. The van der Waals surface area contributed by atoms with E-state index in [0.717, 1.165) is 71.2 Å². The summed E-state index contributed by atoms with van der Waals surface area (Å²) in [6.45, 7) is 9.57. The van der Waals surface area contributed by atoms with Crippen molar-refractivity contribution in [3.63, 3.8) is 0 Å². The summed E-state index contributed by atoms with van der Waals surface area (Å²) < 4.78 is 25.0. The number of nitrogens with one attached hydrogen (secondary N) is 2. The molecule has 3 aliphatic rings. The minimum absolute atomic E-state index is 0.145. The van der Waals surface area contributed by atoms with E-state index in [9.17, 15) is 14.0 Å². The van der Waals surface area contributed by atoms with Crippen molar-refractivity contribution in [3.05, 3.63) is 42.1 Å². The first kappa shape index (κ1) is 30.0. The molecular formula is C31H43FN6O4. The fourth-order valence-electron chi connectivity index (χ4n) is 6.42. The molecule has 11 heteroatoms. The van der Waals surface area contributed by atoms with Gasteiger partial charge in [-0.25, -0.2) is 19.2 Å². The van der Waals surface area contributed by atoms with Crippen LogP contribution in [0.1, 0.15) is 62.7 Å². The number of hydrogen-bond donors (Lipinski definition) is 2. The average Bonchev–Trinajstić information content (AvgIpc) is 2.97. The SMILES string of the molecule is COC(=O)NC1CCC(CN2CCC3(CC2)CN(c2ncncc2Oc2ccc(F)cc2C(=O)NCC(C)C)C3)CC1. The van der Waals surface area contributed by atoms with Crippen molar-refractivity contribution in [2.24, 2.45) is 17.3 Å². The Morgan fingerprint density at radius 2 is 1.86 bits per heavy atom. The predicted molar refractivity (Wildman–Crippen MR) is 157 cm³/mol. The number of hydrogen-bond acceptors (Lipinski definition) is 8. The van der Waals surface area contributed by atoms with Gasteiger partial charge in [-0.05, 0) is 81.6 Å². The van der Waals surface area contributed by atoms with Gasteiger partial charge in [0.2, 0.25) is 0 Å². The van der Waals surface area contributed by atoms with Crippen LogP contribution in [0.5, 0.6) is 11.5 Å². The summed E-state index contributed by atoms with van der Waals surface area (Å²) in [6, 6.07) is 4.19. The van der Waals surface area contributed by atoms with Gasteiger partial charge in [0, 0.05) is 37.6 Å². The van der Waals surface area contributed by atoms with Crippen LogP contribution in [0.25, 0.3) is 0 Å². The largest absolute Gasteiger partial charge is 0.453 e. The summed E-state index contributed by atoms with van der Waals surface area (Å²) in [6.07, 6.45) is 9.35. The van der Waals surface area contributed by atoms with E-state index in [1.54, 1.807) is 6.20 Å². The highest BCUT2D eigenvalue weighted by atomic mass is 19.1. The van der Waals surface area contributed by atoms with E-state index in [0.29, 0.717) is 24.0 Å². The predicted octanol–water partition coefficient (Wildman–Crippen LogP) is 4.61. The van der Waals surface area contributed by atoms with E-state index in [4.69, 9.17) is 9.47 Å². The second kappa shape index (κ2) is 13.2. The Bertz CT molecular complexity index is 1240. The number of aromatic nitrogens is 2. The van der Waals surface area contributed by atoms with Gasteiger partial charge in [0.1, 0.15) is 17.9 Å². The van der Waals surface area contributed by atoms with Crippen molar-refractivity contribution >= 4 is 17.8 Å². The van der Waals surface area contributed by atoms with Gasteiger partial charge in [-0.2, -0.15) is 0 Å². The highest BCUT2D eigenvalue weighted by molar-refractivity contribution is 5.97. The number of likely N-dealkylation sites (tertiary alicyclic amines) is 1. The number of carbonyl (C=O) groups is 2. The van der Waals surface area contributed by atoms with Crippen LogP contribution in [0.15, 0.2) is 30.7 Å². The van der Waals surface area contributed by atoms with Crippen molar-refractivity contribution < 1.29 is 23.5 Å². The zero-order chi connectivity index (χ0) is 29.7. The van der Waals surface area contributed by atoms with Gasteiger partial charge in [0.05, 0.1) is 18.9 Å². The molecule has 0 radical (unpaired) electrons. The quantitative estimate of drug-likeness (QED) is 0.441. The third kappa shape index (κ3) is 7.29. The number of piperidine rings is 1. The molecule has 2 aliphatic heterocycles. The number of amides is 2. The van der Waals surface area contributed by atoms with Crippen LogP contribution in [-0.2, 0) is 4.74 Å². The lowest BCUT2D eigenvalue weighted by atomic mass is 9.71. The first-order chi connectivity index (χ1) is 20.2. The van der Waals surface area contributed by atoms with Crippen molar-refractivity contribution in [2.45, 2.75) is 58.4 Å². The van der Waals surface area contributed by atoms with Gasteiger partial charge in [-0.1, -0.05) is 13.8 Å². The van der Waals surface area contributed by atoms with Crippen LogP contribution >= 0.6 is 0 Å². The van der Waals surface area contributed by atoms with Crippen LogP contribution in [0.4, 0.5) is 15.0 Å². The summed E-state index contributed by atoms with van der Waals surface area (Å²) in [5.41, 5.74) is 0.407. The van der Waals surface area contributed by atoms with E-state index >= 15 is 0 Å². The highest BCUT2D eigenvalue weighted by Crippen LogP contribution is 2.45. The van der Waals surface area contributed by atoms with Gasteiger partial charge >= 0.3 is 6.09 Å². The molecule has 42 heavy (non-hydrogen) atoms. The Morgan fingerprint density at radius 1 is 1.12 bits per heavy atom. The summed E-state index contributed by atoms with van der Waals surface area (Å²) in [4.78, 5) is 37.8. The average molecular weight is 583 g/mol. The van der Waals surface area contributed by atoms with Gasteiger partial charge in [-0.15, -0.1) is 0 Å². The number of ether oxygens (including phenoxy) is 2. The van der Waals surface area contributed by atoms with Crippen molar-refractivity contribution in [1.29, 1.82) is 0 Å². The number of alkyl carbamates (subject to hydrolysis) is 1. The van der Waals surface area contributed by atoms with Crippen molar-refractivity contribution in [3.8, 4) is 11.5 Å². The lowest BCUT2D eigenvalue weighted by Gasteiger charge is -2.54. The zero-order valence-corrected chi connectivity index (χ0v) is 24.9. The van der Waals surface area contributed by atoms with Crippen LogP contribution in [0, 0.1) is 23.1 Å². The fraction of sp³-hybridized carbons (Fsp3) is 0.613. The molecule has 1 saturated carbocycles. The number of carbonyl (C=O) groups excluding carboxylic acids is 2. The topological polar surface area (TPSA) is 109 Å². The standard InChI is InChI=1S/C31H43FN6O4/c1-21(2)15-34-29(39)25-14-23(32)6-9-26(25)42-27-16-33-20-35-28(27)38-18-31(19-38)10-12-37(13-11-31)17-22-4-7-24(8-5-22)36-30(40)41-3/h6,9,14,16,20-22,24H,4-5,7-8,10-13,15,17-19H2,1-3H3,(H,34,39)(H,36,40). The fourth-order valence-corrected chi connectivity index (χ4v) is 6.42. The van der Waals surface area contributed by atoms with E-state index in [1.165, 1.54) is 31.6 Å². The Morgan fingerprint density at radius 3 is 2.55 bits per heavy atom. The van der Waals surface area contributed by atoms with E-state index < -0.39 is 5.82 Å². The molecule has 5 rings (SSSR count). The summed E-state index contributed by atoms with van der Waals surface area (Å²) in [7, 11) is 1.41. The normalized spacial score (nSPS) is 22.0. The molecule has 2 N–H and O–H groups in total. The molecule has 2 aromatic rings. The van der Waals surface area contributed by atoms with E-state index in [1.807, 2.05) is 13.8 Å². The minimum atomic E-state index is -0.499. The molecule has 2 amide bonds. The van der Waals surface area contributed by atoms with Gasteiger partial charge < -0.3 is 29.9 Å². The molecule has 0 unspecified atom stereocenters. The Kier molecular flexibility index (Phi) is 9.45. The molecule has 0 bridgehead atoms. The third-order valence-corrected chi connectivity index (χ3v) is 8.88. The molecule has 1 aromatic heterocycles. The molecule has 1 aromatic carbocycles. The molecule has 1 spiro atoms. The molecular weight excluding hydrogens is 539 g/mol. The molecule has 10 nitrogen and oxygen atoms in total. The Balaban J connectivity index is 1.14. The van der Waals surface area contributed by atoms with Gasteiger partial charge in [0.15, 0.2) is 11.6 Å². The summed E-state index contributed by atoms with van der Waals surface area (Å²) in [5.74, 6) is 1.48. The van der Waals surface area contributed by atoms with E-state index in [-0.39, 0.29) is 40.7 Å². The highest BCUT2D eigenvalue weighted by Gasteiger charge is 2.46. The molecule has 0 atom stereocenters. The molecule has 228 valence electrons. The molecule has 3 heterocycles. The van der Waals surface area contributed by atoms with Crippen LogP contribution < -0.4 is 20.3 Å². The lowest BCUT2D eigenvalue weighted by Crippen LogP contribution is -2.61. The number of anilines is 1. The molecule has 2 saturated heterocycles. The number of benzene rings is 1. The van der Waals surface area contributed by atoms with Crippen LogP contribution in [-0.4, -0.2) is 79.3 Å². The molecule has 1 aliphatic carbocycles. The third-order valence-electron chi connectivity index (χ3n) is 8.88. The van der Waals surface area contributed by atoms with Crippen LogP contribution in [0.2, 0.25) is 0 Å². The zero-order valence-electron chi connectivity index (χ0n) is 24.9. The number of rotatable bonds is 9. The smallest absolute Gasteiger partial charge is 0.407 e. The first-order valence-electron chi connectivity index (χ1n) is 15.1. The summed E-state index contributed by atoms with van der Waals surface area (Å²) >= 11 is 0. The number of halogens is 1. The Labute approximate surface area is 247 Å². The second-order valence-electron chi connectivity index (χ2n) is 12.6. The minimum Gasteiger partial charge on any atom is -0.453 e. The summed E-state index contributed by atoms with van der Waals surface area (Å²) in [5, 5.41) is 5.78. The van der Waals surface area contributed by atoms with E-state index in [2.05, 4.69) is 30.4 Å². The van der Waals surface area contributed by atoms with Crippen LogP contribution in [0.3, 0.4) is 0 Å². The Hall–Kier alpha value is -3.47. The lowest BCUT2D eigenvalue weighted by molar-refractivity contribution is 0.0613. The monoisotopic (exact) mass is 582 g/mol. The maximum atomic E-state index is 14.1. The van der Waals surface area contributed by atoms with Crippen molar-refractivity contribution in [1.82, 2.24) is 25.5 Å². The molecule has 3 fully saturated rings. The number of methoxy groups -OCH3 is 1. The first-order valence-corrected chi connectivity index (χ1v) is 15.1. The van der Waals surface area contributed by atoms with Gasteiger partial charge in [0.25, 0.3) is 5.91 Å².